The first kappa shape index (κ1) is 17.5. The summed E-state index contributed by atoms with van der Waals surface area (Å²) in [5, 5.41) is 5.68. The summed E-state index contributed by atoms with van der Waals surface area (Å²) in [5.41, 5.74) is 7.82. The van der Waals surface area contributed by atoms with Crippen LogP contribution in [-0.2, 0) is 9.53 Å². The third-order valence-corrected chi connectivity index (χ3v) is 4.09. The van der Waals surface area contributed by atoms with Crippen LogP contribution in [0.4, 0.5) is 4.79 Å². The van der Waals surface area contributed by atoms with Gasteiger partial charge in [0.15, 0.2) is 6.61 Å². The fraction of sp³-hybridized carbons (Fsp3) is 0.211. The highest BCUT2D eigenvalue weighted by molar-refractivity contribution is 6.05. The molecule has 7 heteroatoms. The van der Waals surface area contributed by atoms with Crippen molar-refractivity contribution in [2.24, 2.45) is 10.8 Å². The van der Waals surface area contributed by atoms with Crippen LogP contribution in [0, 0.1) is 0 Å². The molecule has 3 rings (SSSR count). The summed E-state index contributed by atoms with van der Waals surface area (Å²) in [6, 6.07) is 15.9. The zero-order valence-electron chi connectivity index (χ0n) is 14.3. The van der Waals surface area contributed by atoms with Gasteiger partial charge in [-0.25, -0.2) is 14.6 Å². The largest absolute Gasteiger partial charge is 0.481 e. The molecule has 1 atom stereocenters. The number of nitrogens with two attached hydrogens (primary N) is 1. The third kappa shape index (κ3) is 3.66. The molecule has 0 saturated heterocycles. The number of rotatable bonds is 5. The Morgan fingerprint density at radius 2 is 1.85 bits per heavy atom. The SMILES string of the molecule is COC(=O)COc1ccccc1C1=NN(C(N)=O)C(c2ccccc2)C1. The van der Waals surface area contributed by atoms with Gasteiger partial charge < -0.3 is 15.2 Å². The molecule has 2 aromatic rings. The van der Waals surface area contributed by atoms with Crippen molar-refractivity contribution >= 4 is 17.7 Å². The smallest absolute Gasteiger partial charge is 0.343 e. The van der Waals surface area contributed by atoms with Crippen molar-refractivity contribution < 1.29 is 19.1 Å². The average Bonchev–Trinajstić information content (AvgIpc) is 3.12. The second-order valence-corrected chi connectivity index (χ2v) is 5.72. The van der Waals surface area contributed by atoms with Crippen molar-refractivity contribution in [3.63, 3.8) is 0 Å². The highest BCUT2D eigenvalue weighted by Crippen LogP contribution is 2.34. The first-order valence-electron chi connectivity index (χ1n) is 8.10. The normalized spacial score (nSPS) is 16.1. The highest BCUT2D eigenvalue weighted by Gasteiger charge is 2.32. The monoisotopic (exact) mass is 353 g/mol. The van der Waals surface area contributed by atoms with Crippen LogP contribution in [0.3, 0.4) is 0 Å². The Labute approximate surface area is 151 Å². The van der Waals surface area contributed by atoms with Gasteiger partial charge in [-0.05, 0) is 17.7 Å². The van der Waals surface area contributed by atoms with Gasteiger partial charge in [0, 0.05) is 12.0 Å². The Kier molecular flexibility index (Phi) is 5.17. The van der Waals surface area contributed by atoms with Crippen LogP contribution in [0.1, 0.15) is 23.6 Å². The summed E-state index contributed by atoms with van der Waals surface area (Å²) in [4.78, 5) is 23.2. The van der Waals surface area contributed by atoms with E-state index in [0.717, 1.165) is 5.56 Å². The van der Waals surface area contributed by atoms with Crippen LogP contribution in [-0.4, -0.2) is 36.4 Å². The quantitative estimate of drug-likeness (QED) is 0.836. The molecule has 1 aliphatic heterocycles. The second-order valence-electron chi connectivity index (χ2n) is 5.72. The van der Waals surface area contributed by atoms with Crippen LogP contribution >= 0.6 is 0 Å². The van der Waals surface area contributed by atoms with Crippen molar-refractivity contribution in [1.29, 1.82) is 0 Å². The lowest BCUT2D eigenvalue weighted by atomic mass is 9.98. The molecule has 2 aromatic carbocycles. The summed E-state index contributed by atoms with van der Waals surface area (Å²) < 4.78 is 10.1. The number of hydrogen-bond acceptors (Lipinski definition) is 5. The third-order valence-electron chi connectivity index (χ3n) is 4.09. The van der Waals surface area contributed by atoms with Crippen molar-refractivity contribution in [1.82, 2.24) is 5.01 Å². The van der Waals surface area contributed by atoms with E-state index in [9.17, 15) is 9.59 Å². The van der Waals surface area contributed by atoms with Crippen molar-refractivity contribution in [2.75, 3.05) is 13.7 Å². The van der Waals surface area contributed by atoms with Gasteiger partial charge >= 0.3 is 12.0 Å². The Bertz CT molecular complexity index is 836. The van der Waals surface area contributed by atoms with E-state index in [4.69, 9.17) is 10.5 Å². The highest BCUT2D eigenvalue weighted by atomic mass is 16.6. The molecule has 0 spiro atoms. The summed E-state index contributed by atoms with van der Waals surface area (Å²) in [5.74, 6) is 0.0175. The van der Waals surface area contributed by atoms with E-state index in [0.29, 0.717) is 23.4 Å². The zero-order valence-corrected chi connectivity index (χ0v) is 14.3. The molecule has 0 bridgehead atoms. The summed E-state index contributed by atoms with van der Waals surface area (Å²) in [6.45, 7) is -0.206. The summed E-state index contributed by atoms with van der Waals surface area (Å²) in [7, 11) is 1.30. The fourth-order valence-electron chi connectivity index (χ4n) is 2.84. The molecular weight excluding hydrogens is 334 g/mol. The number of carbonyl (C=O) groups is 2. The van der Waals surface area contributed by atoms with Crippen LogP contribution in [0.15, 0.2) is 59.7 Å². The Balaban J connectivity index is 1.89. The molecular formula is C19H19N3O4. The van der Waals surface area contributed by atoms with Crippen molar-refractivity contribution in [2.45, 2.75) is 12.5 Å². The number of hydrazone groups is 1. The summed E-state index contributed by atoms with van der Waals surface area (Å²) >= 11 is 0. The maximum atomic E-state index is 11.8. The second kappa shape index (κ2) is 7.69. The van der Waals surface area contributed by atoms with Crippen LogP contribution in [0.2, 0.25) is 0 Å². The number of methoxy groups -OCH3 is 1. The number of carbonyl (C=O) groups excluding carboxylic acids is 2. The van der Waals surface area contributed by atoms with Gasteiger partial charge in [0.1, 0.15) is 5.75 Å². The predicted molar refractivity (Wildman–Crippen MR) is 95.7 cm³/mol. The standard InChI is InChI=1S/C19H19N3O4/c1-25-18(23)12-26-17-10-6-5-9-14(17)15-11-16(22(21-15)19(20)24)13-7-3-2-4-8-13/h2-10,16H,11-12H2,1H3,(H2,20,24). The van der Waals surface area contributed by atoms with Crippen molar-refractivity contribution in [3.05, 3.63) is 65.7 Å². The minimum absolute atomic E-state index is 0.206. The molecule has 0 saturated carbocycles. The maximum absolute atomic E-state index is 11.8. The molecule has 26 heavy (non-hydrogen) atoms. The Morgan fingerprint density at radius 1 is 1.15 bits per heavy atom. The topological polar surface area (TPSA) is 94.2 Å². The Morgan fingerprint density at radius 3 is 2.54 bits per heavy atom. The van der Waals surface area contributed by atoms with Crippen LogP contribution in [0.5, 0.6) is 5.75 Å². The molecule has 0 aliphatic carbocycles. The van der Waals surface area contributed by atoms with Crippen LogP contribution < -0.4 is 10.5 Å². The lowest BCUT2D eigenvalue weighted by Gasteiger charge is -2.19. The number of primary amides is 1. The van der Waals surface area contributed by atoms with Crippen molar-refractivity contribution in [3.8, 4) is 5.75 Å². The van der Waals surface area contributed by atoms with Gasteiger partial charge in [0.25, 0.3) is 0 Å². The van der Waals surface area contributed by atoms with E-state index >= 15 is 0 Å². The molecule has 0 radical (unpaired) electrons. The number of para-hydroxylation sites is 1. The molecule has 1 unspecified atom stereocenters. The molecule has 2 N–H and O–H groups in total. The van der Waals surface area contributed by atoms with Gasteiger partial charge in [0.05, 0.1) is 18.9 Å². The van der Waals surface area contributed by atoms with E-state index in [2.05, 4.69) is 9.84 Å². The lowest BCUT2D eigenvalue weighted by Crippen LogP contribution is -2.31. The number of urea groups is 1. The number of amides is 2. The number of benzene rings is 2. The first-order valence-corrected chi connectivity index (χ1v) is 8.10. The molecule has 1 aliphatic rings. The number of ether oxygens (including phenoxy) is 2. The van der Waals surface area contributed by atoms with E-state index in [-0.39, 0.29) is 12.6 Å². The number of esters is 1. The van der Waals surface area contributed by atoms with Crippen LogP contribution in [0.25, 0.3) is 0 Å². The number of nitrogens with zero attached hydrogens (tertiary/aromatic N) is 2. The lowest BCUT2D eigenvalue weighted by molar-refractivity contribution is -0.142. The zero-order chi connectivity index (χ0) is 18.5. The molecule has 134 valence electrons. The molecule has 2 amide bonds. The molecule has 1 heterocycles. The van der Waals surface area contributed by atoms with Gasteiger partial charge in [0.2, 0.25) is 0 Å². The van der Waals surface area contributed by atoms with E-state index in [1.807, 2.05) is 42.5 Å². The van der Waals surface area contributed by atoms with E-state index in [1.165, 1.54) is 12.1 Å². The van der Waals surface area contributed by atoms with Gasteiger partial charge in [-0.3, -0.25) is 0 Å². The minimum atomic E-state index is -0.623. The first-order chi connectivity index (χ1) is 12.6. The van der Waals surface area contributed by atoms with Gasteiger partial charge in [-0.2, -0.15) is 5.10 Å². The minimum Gasteiger partial charge on any atom is -0.481 e. The van der Waals surface area contributed by atoms with Gasteiger partial charge in [-0.15, -0.1) is 0 Å². The van der Waals surface area contributed by atoms with E-state index in [1.54, 1.807) is 12.1 Å². The predicted octanol–water partition coefficient (Wildman–Crippen LogP) is 2.47. The molecule has 0 aromatic heterocycles. The van der Waals surface area contributed by atoms with Gasteiger partial charge in [-0.1, -0.05) is 42.5 Å². The summed E-state index contributed by atoms with van der Waals surface area (Å²) in [6.07, 6.45) is 0.492. The average molecular weight is 353 g/mol. The Hall–Kier alpha value is -3.35. The van der Waals surface area contributed by atoms with E-state index < -0.39 is 12.0 Å². The molecule has 7 nitrogen and oxygen atoms in total. The fourth-order valence-corrected chi connectivity index (χ4v) is 2.84. The number of hydrogen-bond donors (Lipinski definition) is 1. The maximum Gasteiger partial charge on any atom is 0.343 e. The molecule has 0 fully saturated rings.